The summed E-state index contributed by atoms with van der Waals surface area (Å²) in [5, 5.41) is 16.7. The molecule has 3 aliphatic rings. The minimum atomic E-state index is -1.73. The highest BCUT2D eigenvalue weighted by atomic mass is 16.3. The van der Waals surface area contributed by atoms with Gasteiger partial charge in [0.15, 0.2) is 5.60 Å². The van der Waals surface area contributed by atoms with Crippen molar-refractivity contribution in [2.24, 2.45) is 11.8 Å². The Kier molecular flexibility index (Phi) is 1.92. The van der Waals surface area contributed by atoms with E-state index in [2.05, 4.69) is 10.6 Å². The summed E-state index contributed by atoms with van der Waals surface area (Å²) >= 11 is 0. The minimum Gasteiger partial charge on any atom is -0.375 e. The van der Waals surface area contributed by atoms with Crippen molar-refractivity contribution in [2.45, 2.75) is 31.4 Å². The summed E-state index contributed by atoms with van der Waals surface area (Å²) in [6.07, 6.45) is 0.691. The van der Waals surface area contributed by atoms with Crippen molar-refractivity contribution < 1.29 is 14.7 Å². The number of carbonyl (C=O) groups excluding carboxylic acids is 2. The van der Waals surface area contributed by atoms with Gasteiger partial charge < -0.3 is 15.7 Å². The molecule has 3 atom stereocenters. The maximum absolute atomic E-state index is 12.3. The first-order chi connectivity index (χ1) is 9.35. The summed E-state index contributed by atoms with van der Waals surface area (Å²) in [7, 11) is 0. The van der Waals surface area contributed by atoms with E-state index in [9.17, 15) is 14.7 Å². The van der Waals surface area contributed by atoms with Crippen molar-refractivity contribution in [2.75, 3.05) is 5.32 Å². The lowest BCUT2D eigenvalue weighted by molar-refractivity contribution is -0.150. The zero-order valence-electron chi connectivity index (χ0n) is 11.4. The summed E-state index contributed by atoms with van der Waals surface area (Å²) in [4.78, 5) is 24.7. The Labute approximate surface area is 116 Å². The molecule has 4 rings (SSSR count). The van der Waals surface area contributed by atoms with Gasteiger partial charge in [0.25, 0.3) is 5.91 Å². The van der Waals surface area contributed by atoms with Gasteiger partial charge in [-0.25, -0.2) is 0 Å². The van der Waals surface area contributed by atoms with Crippen molar-refractivity contribution in [1.29, 1.82) is 0 Å². The Morgan fingerprint density at radius 2 is 2.05 bits per heavy atom. The lowest BCUT2D eigenvalue weighted by Gasteiger charge is -2.39. The third-order valence-corrected chi connectivity index (χ3v) is 5.07. The Bertz CT molecular complexity index is 667. The van der Waals surface area contributed by atoms with Gasteiger partial charge >= 0.3 is 0 Å². The molecule has 3 unspecified atom stereocenters. The van der Waals surface area contributed by atoms with Crippen LogP contribution in [0.25, 0.3) is 0 Å². The van der Waals surface area contributed by atoms with E-state index in [-0.39, 0.29) is 11.8 Å². The molecule has 1 aromatic carbocycles. The van der Waals surface area contributed by atoms with E-state index in [0.717, 1.165) is 5.56 Å². The molecule has 2 amide bonds. The van der Waals surface area contributed by atoms with Gasteiger partial charge in [0.05, 0.1) is 5.92 Å². The van der Waals surface area contributed by atoms with Gasteiger partial charge in [-0.3, -0.25) is 9.59 Å². The van der Waals surface area contributed by atoms with Crippen LogP contribution in [0.3, 0.4) is 0 Å². The summed E-state index contributed by atoms with van der Waals surface area (Å²) in [5.74, 6) is -1.53. The highest BCUT2D eigenvalue weighted by Gasteiger charge is 2.65. The molecule has 1 aromatic rings. The van der Waals surface area contributed by atoms with Crippen LogP contribution in [-0.4, -0.2) is 22.5 Å². The van der Waals surface area contributed by atoms with Crippen LogP contribution in [-0.2, 0) is 21.6 Å². The lowest BCUT2D eigenvalue weighted by atomic mass is 9.63. The molecule has 0 saturated carbocycles. The second kappa shape index (κ2) is 3.23. The van der Waals surface area contributed by atoms with Gasteiger partial charge in [-0.1, -0.05) is 12.1 Å². The van der Waals surface area contributed by atoms with E-state index in [1.807, 2.05) is 26.0 Å². The molecule has 0 radical (unpaired) electrons. The molecule has 5 nitrogen and oxygen atoms in total. The molecule has 1 fully saturated rings. The highest BCUT2D eigenvalue weighted by Crippen LogP contribution is 2.54. The molecule has 1 saturated heterocycles. The van der Waals surface area contributed by atoms with E-state index in [1.165, 1.54) is 0 Å². The van der Waals surface area contributed by atoms with Gasteiger partial charge in [0.2, 0.25) is 5.91 Å². The Morgan fingerprint density at radius 1 is 1.30 bits per heavy atom. The number of anilines is 1. The third-order valence-electron chi connectivity index (χ3n) is 5.07. The molecule has 2 heterocycles. The van der Waals surface area contributed by atoms with E-state index < -0.39 is 23.0 Å². The van der Waals surface area contributed by atoms with Crippen LogP contribution >= 0.6 is 0 Å². The lowest BCUT2D eigenvalue weighted by Crippen LogP contribution is -2.51. The molecule has 104 valence electrons. The predicted molar refractivity (Wildman–Crippen MR) is 71.9 cm³/mol. The average Bonchev–Trinajstić information content (AvgIpc) is 2.74. The van der Waals surface area contributed by atoms with Gasteiger partial charge in [-0.15, -0.1) is 0 Å². The first-order valence-corrected chi connectivity index (χ1v) is 6.84. The zero-order chi connectivity index (χ0) is 14.3. The Hall–Kier alpha value is -1.88. The topological polar surface area (TPSA) is 78.4 Å². The van der Waals surface area contributed by atoms with Gasteiger partial charge in [0, 0.05) is 22.7 Å². The van der Waals surface area contributed by atoms with Crippen LogP contribution in [0.2, 0.25) is 0 Å². The van der Waals surface area contributed by atoms with Crippen LogP contribution in [0.5, 0.6) is 0 Å². The first kappa shape index (κ1) is 11.9. The van der Waals surface area contributed by atoms with Gasteiger partial charge in [-0.2, -0.15) is 0 Å². The number of rotatable bonds is 0. The molecule has 1 aliphatic carbocycles. The van der Waals surface area contributed by atoms with Crippen LogP contribution in [0, 0.1) is 11.8 Å². The maximum atomic E-state index is 12.3. The molecule has 3 N–H and O–H groups in total. The molecule has 0 spiro atoms. The fraction of sp³-hybridized carbons (Fsp3) is 0.467. The summed E-state index contributed by atoms with van der Waals surface area (Å²) in [5.41, 5.74) is 0.0278. The number of fused-ring (bicyclic) bond motifs is 2. The molecule has 5 heteroatoms. The second-order valence-electron chi connectivity index (χ2n) is 6.56. The number of aliphatic hydroxyl groups is 1. The summed E-state index contributed by atoms with van der Waals surface area (Å²) < 4.78 is 0. The monoisotopic (exact) mass is 272 g/mol. The standard InChI is InChI=1S/C15H16N2O3/c1-14(2)8-6-7-4-3-5-9-10(7)15(20,13(19)16-9)11(8)12(18)17-14/h3-5,8,11,20H,6H2,1-2H3,(H,16,19)(H,17,18). The van der Waals surface area contributed by atoms with E-state index in [0.29, 0.717) is 17.7 Å². The van der Waals surface area contributed by atoms with Crippen LogP contribution in [0.15, 0.2) is 18.2 Å². The number of carbonyl (C=O) groups is 2. The Morgan fingerprint density at radius 3 is 2.80 bits per heavy atom. The number of nitrogens with one attached hydrogen (secondary N) is 2. The number of amides is 2. The molecule has 20 heavy (non-hydrogen) atoms. The molecular formula is C15H16N2O3. The van der Waals surface area contributed by atoms with Crippen molar-refractivity contribution in [3.05, 3.63) is 29.3 Å². The summed E-state index contributed by atoms with van der Waals surface area (Å²) in [6, 6.07) is 5.57. The quantitative estimate of drug-likeness (QED) is 0.644. The normalized spacial score (nSPS) is 36.1. The SMILES string of the molecule is CC1(C)NC(=O)C2C1Cc1cccc3c1C2(O)C(=O)N3. The van der Waals surface area contributed by atoms with Crippen molar-refractivity contribution in [3.63, 3.8) is 0 Å². The van der Waals surface area contributed by atoms with Crippen LogP contribution in [0.1, 0.15) is 25.0 Å². The van der Waals surface area contributed by atoms with Crippen LogP contribution in [0.4, 0.5) is 5.69 Å². The third kappa shape index (κ3) is 1.13. The number of hydrogen-bond acceptors (Lipinski definition) is 3. The zero-order valence-corrected chi connectivity index (χ0v) is 11.4. The maximum Gasteiger partial charge on any atom is 0.261 e. The molecular weight excluding hydrogens is 256 g/mol. The van der Waals surface area contributed by atoms with E-state index >= 15 is 0 Å². The molecule has 0 aromatic heterocycles. The largest absolute Gasteiger partial charge is 0.375 e. The summed E-state index contributed by atoms with van der Waals surface area (Å²) in [6.45, 7) is 3.89. The fourth-order valence-corrected chi connectivity index (χ4v) is 4.13. The van der Waals surface area contributed by atoms with Crippen molar-refractivity contribution in [1.82, 2.24) is 5.32 Å². The number of benzene rings is 1. The van der Waals surface area contributed by atoms with Gasteiger partial charge in [-0.05, 0) is 31.9 Å². The first-order valence-electron chi connectivity index (χ1n) is 6.84. The van der Waals surface area contributed by atoms with Crippen LogP contribution < -0.4 is 10.6 Å². The molecule has 2 aliphatic heterocycles. The molecule has 0 bridgehead atoms. The van der Waals surface area contributed by atoms with E-state index in [1.54, 1.807) is 6.07 Å². The fourth-order valence-electron chi connectivity index (χ4n) is 4.13. The smallest absolute Gasteiger partial charge is 0.261 e. The number of hydrogen-bond donors (Lipinski definition) is 3. The predicted octanol–water partition coefficient (Wildman–Crippen LogP) is 0.523. The van der Waals surface area contributed by atoms with Gasteiger partial charge in [0.1, 0.15) is 0 Å². The Balaban J connectivity index is 2.01. The highest BCUT2D eigenvalue weighted by molar-refractivity contribution is 6.09. The van der Waals surface area contributed by atoms with Crippen molar-refractivity contribution >= 4 is 17.5 Å². The second-order valence-corrected chi connectivity index (χ2v) is 6.56. The average molecular weight is 272 g/mol. The van der Waals surface area contributed by atoms with E-state index in [4.69, 9.17) is 0 Å². The van der Waals surface area contributed by atoms with Crippen molar-refractivity contribution in [3.8, 4) is 0 Å². The minimum absolute atomic E-state index is 0.0911.